The normalized spacial score (nSPS) is 27.0. The van der Waals surface area contributed by atoms with Gasteiger partial charge in [0.25, 0.3) is 5.91 Å². The van der Waals surface area contributed by atoms with E-state index in [-0.39, 0.29) is 34.7 Å². The van der Waals surface area contributed by atoms with Gasteiger partial charge in [0.1, 0.15) is 0 Å². The van der Waals surface area contributed by atoms with Gasteiger partial charge in [0.2, 0.25) is 0 Å². The molecule has 0 aromatic heterocycles. The van der Waals surface area contributed by atoms with Gasteiger partial charge in [-0.25, -0.2) is 8.42 Å². The van der Waals surface area contributed by atoms with Crippen LogP contribution in [0.5, 0.6) is 0 Å². The average molecular weight is 422 g/mol. The summed E-state index contributed by atoms with van der Waals surface area (Å²) in [6.07, 6.45) is 6.99. The van der Waals surface area contributed by atoms with Crippen LogP contribution in [0.15, 0.2) is 23.2 Å². The zero-order chi connectivity index (χ0) is 19.7. The SMILES string of the molecule is Cc1ccc(C(=O)NC2CCCCCC2)cc1NC1=N[C@@H]2CS(=O)(=O)C[C@@H]2S1. The molecule has 1 amide bonds. The molecule has 2 aliphatic heterocycles. The van der Waals surface area contributed by atoms with Crippen molar-refractivity contribution in [2.75, 3.05) is 16.8 Å². The highest BCUT2D eigenvalue weighted by molar-refractivity contribution is 8.15. The van der Waals surface area contributed by atoms with E-state index in [2.05, 4.69) is 15.6 Å². The first-order valence-electron chi connectivity index (χ1n) is 10.0. The van der Waals surface area contributed by atoms with Gasteiger partial charge in [0.15, 0.2) is 15.0 Å². The second-order valence-electron chi connectivity index (χ2n) is 8.05. The second-order valence-corrected chi connectivity index (χ2v) is 11.4. The van der Waals surface area contributed by atoms with Crippen molar-refractivity contribution in [3.05, 3.63) is 29.3 Å². The molecule has 3 aliphatic rings. The number of benzene rings is 1. The molecule has 152 valence electrons. The number of anilines is 1. The Balaban J connectivity index is 1.43. The monoisotopic (exact) mass is 421 g/mol. The zero-order valence-electron chi connectivity index (χ0n) is 16.1. The summed E-state index contributed by atoms with van der Waals surface area (Å²) in [7, 11) is -2.95. The third-order valence-electron chi connectivity index (χ3n) is 5.75. The Morgan fingerprint density at radius 2 is 1.89 bits per heavy atom. The Morgan fingerprint density at radius 3 is 2.61 bits per heavy atom. The van der Waals surface area contributed by atoms with E-state index in [1.165, 1.54) is 37.4 Å². The number of thioether (sulfide) groups is 1. The van der Waals surface area contributed by atoms with Crippen LogP contribution in [0, 0.1) is 6.92 Å². The number of hydrogen-bond donors (Lipinski definition) is 2. The summed E-state index contributed by atoms with van der Waals surface area (Å²) in [5.74, 6) is 0.303. The van der Waals surface area contributed by atoms with Crippen LogP contribution < -0.4 is 10.6 Å². The first kappa shape index (κ1) is 19.8. The topological polar surface area (TPSA) is 87.6 Å². The van der Waals surface area contributed by atoms with Crippen molar-refractivity contribution < 1.29 is 13.2 Å². The highest BCUT2D eigenvalue weighted by Crippen LogP contribution is 2.35. The number of nitrogens with one attached hydrogen (secondary N) is 2. The Kier molecular flexibility index (Phi) is 5.69. The summed E-state index contributed by atoms with van der Waals surface area (Å²) < 4.78 is 23.4. The van der Waals surface area contributed by atoms with E-state index in [0.717, 1.165) is 29.3 Å². The van der Waals surface area contributed by atoms with Crippen molar-refractivity contribution >= 4 is 38.4 Å². The molecule has 2 N–H and O–H groups in total. The standard InChI is InChI=1S/C20H27N3O3S2/c1-13-8-9-14(19(24)21-15-6-4-2-3-5-7-15)10-16(13)22-20-23-17-11-28(25,26)12-18(17)27-20/h8-10,15,17-18H,2-7,11-12H2,1H3,(H,21,24)(H,22,23)/t17-,18+/m1/s1. The maximum atomic E-state index is 12.7. The maximum Gasteiger partial charge on any atom is 0.251 e. The van der Waals surface area contributed by atoms with Crippen LogP contribution in [0.4, 0.5) is 5.69 Å². The Morgan fingerprint density at radius 1 is 1.14 bits per heavy atom. The van der Waals surface area contributed by atoms with Crippen molar-refractivity contribution in [2.24, 2.45) is 4.99 Å². The predicted octanol–water partition coefficient (Wildman–Crippen LogP) is 3.13. The molecule has 2 fully saturated rings. The number of rotatable bonds is 3. The number of hydrogen-bond acceptors (Lipinski definition) is 6. The van der Waals surface area contributed by atoms with Crippen molar-refractivity contribution in [1.29, 1.82) is 0 Å². The maximum absolute atomic E-state index is 12.7. The number of aryl methyl sites for hydroxylation is 1. The first-order chi connectivity index (χ1) is 13.4. The number of fused-ring (bicyclic) bond motifs is 1. The molecule has 1 saturated heterocycles. The quantitative estimate of drug-likeness (QED) is 0.732. The van der Waals surface area contributed by atoms with E-state index < -0.39 is 9.84 Å². The van der Waals surface area contributed by atoms with Gasteiger partial charge in [-0.2, -0.15) is 0 Å². The molecule has 0 spiro atoms. The van der Waals surface area contributed by atoms with Crippen LogP contribution in [0.2, 0.25) is 0 Å². The highest BCUT2D eigenvalue weighted by atomic mass is 32.2. The number of amidine groups is 1. The Hall–Kier alpha value is -1.54. The lowest BCUT2D eigenvalue weighted by molar-refractivity contribution is 0.0933. The number of nitrogens with zero attached hydrogens (tertiary/aromatic N) is 1. The summed E-state index contributed by atoms with van der Waals surface area (Å²) in [5, 5.41) is 7.25. The largest absolute Gasteiger partial charge is 0.349 e. The van der Waals surface area contributed by atoms with Crippen molar-refractivity contribution in [3.63, 3.8) is 0 Å². The lowest BCUT2D eigenvalue weighted by atomic mass is 10.1. The fourth-order valence-electron chi connectivity index (χ4n) is 4.12. The summed E-state index contributed by atoms with van der Waals surface area (Å²) in [6.45, 7) is 1.99. The molecule has 1 aromatic carbocycles. The predicted molar refractivity (Wildman–Crippen MR) is 115 cm³/mol. The summed E-state index contributed by atoms with van der Waals surface area (Å²) in [4.78, 5) is 17.3. The van der Waals surface area contributed by atoms with Gasteiger partial charge in [0, 0.05) is 22.5 Å². The minimum atomic E-state index is -2.95. The summed E-state index contributed by atoms with van der Waals surface area (Å²) in [5.41, 5.74) is 2.52. The lowest BCUT2D eigenvalue weighted by Crippen LogP contribution is -2.34. The Labute approximate surface area is 170 Å². The van der Waals surface area contributed by atoms with Crippen LogP contribution in [-0.2, 0) is 9.84 Å². The number of carbonyl (C=O) groups excluding carboxylic acids is 1. The minimum absolute atomic E-state index is 0.00882. The smallest absolute Gasteiger partial charge is 0.251 e. The molecular formula is C20H27N3O3S2. The molecule has 8 heteroatoms. The second kappa shape index (κ2) is 8.06. The Bertz CT molecular complexity index is 890. The molecule has 4 rings (SSSR count). The molecular weight excluding hydrogens is 394 g/mol. The average Bonchev–Trinajstić information content (AvgIpc) is 2.98. The van der Waals surface area contributed by atoms with Gasteiger partial charge < -0.3 is 10.6 Å². The molecule has 0 radical (unpaired) electrons. The van der Waals surface area contributed by atoms with Crippen LogP contribution >= 0.6 is 11.8 Å². The number of sulfone groups is 1. The molecule has 6 nitrogen and oxygen atoms in total. The number of amides is 1. The van der Waals surface area contributed by atoms with E-state index in [0.29, 0.717) is 5.56 Å². The molecule has 1 saturated carbocycles. The third-order valence-corrected chi connectivity index (χ3v) is 8.89. The van der Waals surface area contributed by atoms with Crippen molar-refractivity contribution in [2.45, 2.75) is 62.8 Å². The highest BCUT2D eigenvalue weighted by Gasteiger charge is 2.42. The van der Waals surface area contributed by atoms with E-state index >= 15 is 0 Å². The molecule has 28 heavy (non-hydrogen) atoms. The molecule has 0 bridgehead atoms. The molecule has 1 aromatic rings. The van der Waals surface area contributed by atoms with Gasteiger partial charge in [-0.1, -0.05) is 43.5 Å². The zero-order valence-corrected chi connectivity index (χ0v) is 17.7. The molecule has 0 unspecified atom stereocenters. The fraction of sp³-hybridized carbons (Fsp3) is 0.600. The molecule has 1 aliphatic carbocycles. The van der Waals surface area contributed by atoms with Crippen LogP contribution in [0.3, 0.4) is 0 Å². The molecule has 2 atom stereocenters. The first-order valence-corrected chi connectivity index (χ1v) is 12.7. The van der Waals surface area contributed by atoms with E-state index in [9.17, 15) is 13.2 Å². The van der Waals surface area contributed by atoms with Crippen molar-refractivity contribution in [3.8, 4) is 0 Å². The number of aliphatic imine (C=N–C) groups is 1. The summed E-state index contributed by atoms with van der Waals surface area (Å²) >= 11 is 1.49. The third kappa shape index (κ3) is 4.54. The van der Waals surface area contributed by atoms with Crippen LogP contribution in [-0.4, -0.2) is 48.3 Å². The van der Waals surface area contributed by atoms with E-state index in [1.807, 2.05) is 25.1 Å². The molecule has 2 heterocycles. The van der Waals surface area contributed by atoms with Gasteiger partial charge in [-0.3, -0.25) is 9.79 Å². The number of carbonyl (C=O) groups is 1. The minimum Gasteiger partial charge on any atom is -0.349 e. The lowest BCUT2D eigenvalue weighted by Gasteiger charge is -2.17. The van der Waals surface area contributed by atoms with Gasteiger partial charge >= 0.3 is 0 Å². The van der Waals surface area contributed by atoms with Gasteiger partial charge in [-0.15, -0.1) is 0 Å². The van der Waals surface area contributed by atoms with Gasteiger partial charge in [0.05, 0.1) is 17.5 Å². The van der Waals surface area contributed by atoms with Gasteiger partial charge in [-0.05, 0) is 37.5 Å². The van der Waals surface area contributed by atoms with E-state index in [1.54, 1.807) is 0 Å². The van der Waals surface area contributed by atoms with Crippen LogP contribution in [0.25, 0.3) is 0 Å². The van der Waals surface area contributed by atoms with Crippen LogP contribution in [0.1, 0.15) is 54.4 Å². The van der Waals surface area contributed by atoms with E-state index in [4.69, 9.17) is 0 Å². The summed E-state index contributed by atoms with van der Waals surface area (Å²) in [6, 6.07) is 5.78. The fourth-order valence-corrected chi connectivity index (χ4v) is 7.79. The van der Waals surface area contributed by atoms with Crippen molar-refractivity contribution in [1.82, 2.24) is 5.32 Å².